The first-order chi connectivity index (χ1) is 9.38. The highest BCUT2D eigenvalue weighted by molar-refractivity contribution is 9.10. The standard InChI is InChI=1S/C12H13BrN4O2S/c1-8-5-16-10(6-15-8)7-17-20(18,19)12-4-9(14)2-3-11(12)13/h2-6,17H,7,14H2,1H3. The first kappa shape index (κ1) is 14.9. The molecule has 1 aromatic heterocycles. The highest BCUT2D eigenvalue weighted by atomic mass is 79.9. The summed E-state index contributed by atoms with van der Waals surface area (Å²) >= 11 is 3.20. The molecule has 0 spiro atoms. The van der Waals surface area contributed by atoms with Crippen LogP contribution in [0.4, 0.5) is 5.69 Å². The number of benzene rings is 1. The van der Waals surface area contributed by atoms with E-state index in [-0.39, 0.29) is 11.4 Å². The number of nitrogen functional groups attached to an aromatic ring is 1. The lowest BCUT2D eigenvalue weighted by molar-refractivity contribution is 0.580. The molecule has 1 heterocycles. The van der Waals surface area contributed by atoms with Gasteiger partial charge in [-0.05, 0) is 41.1 Å². The molecule has 0 amide bonds. The third kappa shape index (κ3) is 3.53. The van der Waals surface area contributed by atoms with E-state index in [0.29, 0.717) is 15.9 Å². The monoisotopic (exact) mass is 356 g/mol. The van der Waals surface area contributed by atoms with Crippen LogP contribution in [0.15, 0.2) is 40.0 Å². The molecule has 6 nitrogen and oxygen atoms in total. The topological polar surface area (TPSA) is 98.0 Å². The smallest absolute Gasteiger partial charge is 0.242 e. The number of hydrogen-bond acceptors (Lipinski definition) is 5. The van der Waals surface area contributed by atoms with Crippen molar-refractivity contribution >= 4 is 31.6 Å². The predicted molar refractivity (Wildman–Crippen MR) is 79.3 cm³/mol. The molecule has 0 aliphatic rings. The predicted octanol–water partition coefficient (Wildman–Crippen LogP) is 1.61. The Balaban J connectivity index is 2.19. The van der Waals surface area contributed by atoms with E-state index in [1.165, 1.54) is 12.3 Å². The molecule has 3 N–H and O–H groups in total. The molecule has 0 aliphatic heterocycles. The van der Waals surface area contributed by atoms with E-state index in [1.54, 1.807) is 18.3 Å². The molecule has 0 atom stereocenters. The van der Waals surface area contributed by atoms with Crippen LogP contribution >= 0.6 is 15.9 Å². The van der Waals surface area contributed by atoms with E-state index in [2.05, 4.69) is 30.6 Å². The Labute approximate surface area is 125 Å². The SMILES string of the molecule is Cc1cnc(CNS(=O)(=O)c2cc(N)ccc2Br)cn1. The van der Waals surface area contributed by atoms with Crippen molar-refractivity contribution in [2.75, 3.05) is 5.73 Å². The van der Waals surface area contributed by atoms with Gasteiger partial charge in [-0.1, -0.05) is 0 Å². The maximum absolute atomic E-state index is 12.2. The van der Waals surface area contributed by atoms with E-state index < -0.39 is 10.0 Å². The molecule has 8 heteroatoms. The summed E-state index contributed by atoms with van der Waals surface area (Å²) in [6, 6.07) is 4.61. The number of rotatable bonds is 4. The second-order valence-corrected chi connectivity index (χ2v) is 6.75. The van der Waals surface area contributed by atoms with Crippen molar-refractivity contribution in [3.8, 4) is 0 Å². The number of hydrogen-bond donors (Lipinski definition) is 2. The maximum atomic E-state index is 12.2. The Morgan fingerprint density at radius 3 is 2.70 bits per heavy atom. The minimum absolute atomic E-state index is 0.0663. The van der Waals surface area contributed by atoms with Crippen LogP contribution in [0.1, 0.15) is 11.4 Å². The zero-order valence-corrected chi connectivity index (χ0v) is 13.1. The van der Waals surface area contributed by atoms with Gasteiger partial charge in [-0.25, -0.2) is 13.1 Å². The fourth-order valence-corrected chi connectivity index (χ4v) is 3.48. The third-order valence-corrected chi connectivity index (χ3v) is 4.92. The number of anilines is 1. The van der Waals surface area contributed by atoms with Gasteiger partial charge in [-0.3, -0.25) is 9.97 Å². The lowest BCUT2D eigenvalue weighted by atomic mass is 10.3. The summed E-state index contributed by atoms with van der Waals surface area (Å²) in [5, 5.41) is 0. The van der Waals surface area contributed by atoms with Gasteiger partial charge < -0.3 is 5.73 Å². The van der Waals surface area contributed by atoms with Crippen LogP contribution in [0.3, 0.4) is 0 Å². The van der Waals surface area contributed by atoms with Crippen molar-refractivity contribution in [1.82, 2.24) is 14.7 Å². The molecule has 106 valence electrons. The molecular formula is C12H13BrN4O2S. The Morgan fingerprint density at radius 2 is 2.05 bits per heavy atom. The summed E-state index contributed by atoms with van der Waals surface area (Å²) in [5.41, 5.74) is 7.31. The molecule has 0 saturated heterocycles. The van der Waals surface area contributed by atoms with E-state index in [0.717, 1.165) is 5.69 Å². The lowest BCUT2D eigenvalue weighted by Gasteiger charge is -2.09. The summed E-state index contributed by atoms with van der Waals surface area (Å²) in [4.78, 5) is 8.24. The van der Waals surface area contributed by atoms with Gasteiger partial charge >= 0.3 is 0 Å². The molecule has 0 unspecified atom stereocenters. The molecule has 0 fully saturated rings. The van der Waals surface area contributed by atoms with Gasteiger partial charge in [0, 0.05) is 16.4 Å². The number of nitrogens with one attached hydrogen (secondary N) is 1. The van der Waals surface area contributed by atoms with Gasteiger partial charge in [0.2, 0.25) is 10.0 Å². The molecule has 0 radical (unpaired) electrons. The van der Waals surface area contributed by atoms with Crippen molar-refractivity contribution in [3.05, 3.63) is 46.5 Å². The summed E-state index contributed by atoms with van der Waals surface area (Å²) in [7, 11) is -3.67. The van der Waals surface area contributed by atoms with Crippen LogP contribution in [0, 0.1) is 6.92 Å². The second kappa shape index (κ2) is 5.86. The number of nitrogens with two attached hydrogens (primary N) is 1. The fourth-order valence-electron chi connectivity index (χ4n) is 1.48. The molecule has 0 bridgehead atoms. The van der Waals surface area contributed by atoms with E-state index in [1.807, 2.05) is 6.92 Å². The maximum Gasteiger partial charge on any atom is 0.242 e. The number of halogens is 1. The average molecular weight is 357 g/mol. The van der Waals surface area contributed by atoms with Crippen LogP contribution in [0.5, 0.6) is 0 Å². The first-order valence-corrected chi connectivity index (χ1v) is 7.98. The highest BCUT2D eigenvalue weighted by Crippen LogP contribution is 2.24. The Bertz CT molecular complexity index is 717. The minimum Gasteiger partial charge on any atom is -0.399 e. The van der Waals surface area contributed by atoms with Crippen LogP contribution in [-0.4, -0.2) is 18.4 Å². The molecule has 2 rings (SSSR count). The number of aryl methyl sites for hydroxylation is 1. The number of sulfonamides is 1. The Morgan fingerprint density at radius 1 is 1.30 bits per heavy atom. The first-order valence-electron chi connectivity index (χ1n) is 5.71. The van der Waals surface area contributed by atoms with Crippen molar-refractivity contribution < 1.29 is 8.42 Å². The molecule has 20 heavy (non-hydrogen) atoms. The van der Waals surface area contributed by atoms with Gasteiger partial charge in [0.05, 0.1) is 29.0 Å². The summed E-state index contributed by atoms with van der Waals surface area (Å²) in [6.07, 6.45) is 3.12. The van der Waals surface area contributed by atoms with Crippen LogP contribution in [0.25, 0.3) is 0 Å². The lowest BCUT2D eigenvalue weighted by Crippen LogP contribution is -2.24. The van der Waals surface area contributed by atoms with Crippen LogP contribution < -0.4 is 10.5 Å². The van der Waals surface area contributed by atoms with Crippen molar-refractivity contribution in [1.29, 1.82) is 0 Å². The highest BCUT2D eigenvalue weighted by Gasteiger charge is 2.17. The van der Waals surface area contributed by atoms with E-state index in [9.17, 15) is 8.42 Å². The average Bonchev–Trinajstić information content (AvgIpc) is 2.41. The molecule has 2 aromatic rings. The summed E-state index contributed by atoms with van der Waals surface area (Å²) in [6.45, 7) is 1.88. The quantitative estimate of drug-likeness (QED) is 0.810. The minimum atomic E-state index is -3.67. The van der Waals surface area contributed by atoms with Gasteiger partial charge in [0.1, 0.15) is 0 Å². The number of nitrogens with zero attached hydrogens (tertiary/aromatic N) is 2. The van der Waals surface area contributed by atoms with E-state index in [4.69, 9.17) is 5.73 Å². The Kier molecular flexibility index (Phi) is 4.36. The largest absolute Gasteiger partial charge is 0.399 e. The molecule has 0 aliphatic carbocycles. The normalized spacial score (nSPS) is 11.5. The van der Waals surface area contributed by atoms with E-state index >= 15 is 0 Å². The fraction of sp³-hybridized carbons (Fsp3) is 0.167. The second-order valence-electron chi connectivity index (χ2n) is 4.16. The molecule has 1 aromatic carbocycles. The zero-order chi connectivity index (χ0) is 14.8. The van der Waals surface area contributed by atoms with Crippen molar-refractivity contribution in [2.45, 2.75) is 18.4 Å². The van der Waals surface area contributed by atoms with Gasteiger partial charge in [-0.15, -0.1) is 0 Å². The van der Waals surface area contributed by atoms with Gasteiger partial charge in [0.15, 0.2) is 0 Å². The summed E-state index contributed by atoms with van der Waals surface area (Å²) in [5.74, 6) is 0. The van der Waals surface area contributed by atoms with Gasteiger partial charge in [-0.2, -0.15) is 0 Å². The third-order valence-electron chi connectivity index (χ3n) is 2.52. The zero-order valence-electron chi connectivity index (χ0n) is 10.7. The van der Waals surface area contributed by atoms with Crippen LogP contribution in [-0.2, 0) is 16.6 Å². The Hall–Kier alpha value is -1.51. The number of aromatic nitrogens is 2. The van der Waals surface area contributed by atoms with Crippen LogP contribution in [0.2, 0.25) is 0 Å². The van der Waals surface area contributed by atoms with Crippen molar-refractivity contribution in [2.24, 2.45) is 0 Å². The molecule has 0 saturated carbocycles. The molecular weight excluding hydrogens is 344 g/mol. The van der Waals surface area contributed by atoms with Crippen molar-refractivity contribution in [3.63, 3.8) is 0 Å². The summed E-state index contributed by atoms with van der Waals surface area (Å²) < 4.78 is 27.3. The van der Waals surface area contributed by atoms with Gasteiger partial charge in [0.25, 0.3) is 0 Å².